The number of nitrogens with one attached hydrogen (secondary N) is 2. The first-order valence-electron chi connectivity index (χ1n) is 6.14. The Bertz CT molecular complexity index is 196. The molecule has 2 saturated heterocycles. The molecule has 2 heteroatoms. The van der Waals surface area contributed by atoms with Crippen molar-refractivity contribution in [1.82, 2.24) is 10.6 Å². The Morgan fingerprint density at radius 1 is 1.14 bits per heavy atom. The van der Waals surface area contributed by atoms with Gasteiger partial charge in [0.15, 0.2) is 0 Å². The van der Waals surface area contributed by atoms with Gasteiger partial charge in [-0.3, -0.25) is 0 Å². The summed E-state index contributed by atoms with van der Waals surface area (Å²) >= 11 is 0. The van der Waals surface area contributed by atoms with Crippen molar-refractivity contribution in [3.05, 3.63) is 0 Å². The van der Waals surface area contributed by atoms with Crippen LogP contribution in [0.3, 0.4) is 0 Å². The van der Waals surface area contributed by atoms with Crippen LogP contribution < -0.4 is 10.6 Å². The van der Waals surface area contributed by atoms with Crippen LogP contribution in [0.25, 0.3) is 0 Å². The van der Waals surface area contributed by atoms with E-state index in [1.54, 1.807) is 0 Å². The molecule has 0 aliphatic carbocycles. The Morgan fingerprint density at radius 3 is 2.00 bits per heavy atom. The fraction of sp³-hybridized carbons (Fsp3) is 1.00. The molecule has 0 aromatic rings. The normalized spacial score (nSPS) is 46.9. The first-order chi connectivity index (χ1) is 6.67. The summed E-state index contributed by atoms with van der Waals surface area (Å²) in [6.45, 7) is 4.66. The molecule has 2 rings (SSSR count). The molecule has 2 aliphatic rings. The molecule has 0 unspecified atom stereocenters. The smallest absolute Gasteiger partial charge is 0.0199 e. The van der Waals surface area contributed by atoms with E-state index in [1.807, 2.05) is 0 Å². The van der Waals surface area contributed by atoms with E-state index in [9.17, 15) is 0 Å². The van der Waals surface area contributed by atoms with E-state index >= 15 is 0 Å². The highest BCUT2D eigenvalue weighted by Gasteiger charge is 2.51. The molecule has 2 bridgehead atoms. The van der Waals surface area contributed by atoms with Crippen LogP contribution in [0.4, 0.5) is 0 Å². The minimum atomic E-state index is 0.460. The maximum atomic E-state index is 3.94. The summed E-state index contributed by atoms with van der Waals surface area (Å²) in [7, 11) is 2.11. The van der Waals surface area contributed by atoms with Crippen LogP contribution in [0, 0.1) is 0 Å². The van der Waals surface area contributed by atoms with Gasteiger partial charge in [-0.25, -0.2) is 0 Å². The summed E-state index contributed by atoms with van der Waals surface area (Å²) in [4.78, 5) is 0. The Balaban J connectivity index is 2.18. The fourth-order valence-corrected chi connectivity index (χ4v) is 3.51. The van der Waals surface area contributed by atoms with Crippen molar-refractivity contribution in [2.45, 2.75) is 69.5 Å². The molecule has 0 aromatic heterocycles. The number of hydrogen-bond acceptors (Lipinski definition) is 2. The van der Waals surface area contributed by atoms with Crippen molar-refractivity contribution >= 4 is 0 Å². The van der Waals surface area contributed by atoms with Gasteiger partial charge in [-0.1, -0.05) is 13.8 Å². The molecule has 3 atom stereocenters. The Kier molecular flexibility index (Phi) is 2.61. The highest BCUT2D eigenvalue weighted by molar-refractivity contribution is 5.12. The molecule has 14 heavy (non-hydrogen) atoms. The van der Waals surface area contributed by atoms with Gasteiger partial charge < -0.3 is 10.6 Å². The quantitative estimate of drug-likeness (QED) is 0.722. The third-order valence-corrected chi connectivity index (χ3v) is 4.65. The molecule has 0 saturated carbocycles. The van der Waals surface area contributed by atoms with Crippen LogP contribution in [-0.4, -0.2) is 24.2 Å². The monoisotopic (exact) mass is 196 g/mol. The van der Waals surface area contributed by atoms with E-state index in [0.717, 1.165) is 6.04 Å². The molecule has 2 nitrogen and oxygen atoms in total. The van der Waals surface area contributed by atoms with Crippen LogP contribution in [0.15, 0.2) is 0 Å². The lowest BCUT2D eigenvalue weighted by Gasteiger charge is -2.44. The van der Waals surface area contributed by atoms with Crippen LogP contribution in [0.2, 0.25) is 0 Å². The molecule has 0 radical (unpaired) electrons. The van der Waals surface area contributed by atoms with Crippen molar-refractivity contribution in [2.75, 3.05) is 7.05 Å². The Hall–Kier alpha value is -0.0800. The molecular formula is C12H24N2. The van der Waals surface area contributed by atoms with Crippen LogP contribution in [0.5, 0.6) is 0 Å². The predicted molar refractivity (Wildman–Crippen MR) is 60.5 cm³/mol. The van der Waals surface area contributed by atoms with Gasteiger partial charge in [-0.05, 0) is 45.6 Å². The van der Waals surface area contributed by atoms with Gasteiger partial charge in [0, 0.05) is 17.1 Å². The van der Waals surface area contributed by atoms with Gasteiger partial charge in [0.25, 0.3) is 0 Å². The molecule has 2 N–H and O–H groups in total. The van der Waals surface area contributed by atoms with Gasteiger partial charge in [-0.2, -0.15) is 0 Å². The lowest BCUT2D eigenvalue weighted by atomic mass is 9.81. The standard InChI is InChI=1S/C12H24N2/c1-4-11-6-7-12(5-2,14-11)9-10(8-11)13-3/h10,13-14H,4-9H2,1-3H3/t10-,11-,12+. The Morgan fingerprint density at radius 2 is 1.64 bits per heavy atom. The second kappa shape index (κ2) is 3.49. The number of hydrogen-bond donors (Lipinski definition) is 2. The molecular weight excluding hydrogens is 172 g/mol. The molecule has 0 aromatic carbocycles. The summed E-state index contributed by atoms with van der Waals surface area (Å²) in [5.74, 6) is 0. The number of rotatable bonds is 3. The SMILES string of the molecule is CC[C@]12CC[C@](CC)(C[C@@H](NC)C1)N2. The van der Waals surface area contributed by atoms with E-state index in [0.29, 0.717) is 11.1 Å². The molecule has 2 aliphatic heterocycles. The van der Waals surface area contributed by atoms with E-state index in [2.05, 4.69) is 31.5 Å². The van der Waals surface area contributed by atoms with E-state index in [1.165, 1.54) is 38.5 Å². The topological polar surface area (TPSA) is 24.1 Å². The molecule has 2 heterocycles. The number of fused-ring (bicyclic) bond motifs is 2. The lowest BCUT2D eigenvalue weighted by molar-refractivity contribution is 0.161. The van der Waals surface area contributed by atoms with Gasteiger partial charge in [0.2, 0.25) is 0 Å². The molecule has 0 amide bonds. The first-order valence-corrected chi connectivity index (χ1v) is 6.14. The van der Waals surface area contributed by atoms with Crippen molar-refractivity contribution in [2.24, 2.45) is 0 Å². The average Bonchev–Trinajstić information content (AvgIpc) is 2.52. The zero-order chi connectivity index (χ0) is 10.2. The van der Waals surface area contributed by atoms with E-state index < -0.39 is 0 Å². The highest BCUT2D eigenvalue weighted by atomic mass is 15.1. The van der Waals surface area contributed by atoms with Gasteiger partial charge in [-0.15, -0.1) is 0 Å². The summed E-state index contributed by atoms with van der Waals surface area (Å²) < 4.78 is 0. The maximum Gasteiger partial charge on any atom is 0.0199 e. The van der Waals surface area contributed by atoms with Crippen LogP contribution in [-0.2, 0) is 0 Å². The molecule has 82 valence electrons. The largest absolute Gasteiger partial charge is 0.317 e. The van der Waals surface area contributed by atoms with E-state index in [4.69, 9.17) is 0 Å². The fourth-order valence-electron chi connectivity index (χ4n) is 3.51. The Labute approximate surface area is 87.8 Å². The van der Waals surface area contributed by atoms with Crippen LogP contribution in [0.1, 0.15) is 52.4 Å². The number of piperidine rings is 1. The zero-order valence-electron chi connectivity index (χ0n) is 9.82. The third-order valence-electron chi connectivity index (χ3n) is 4.65. The van der Waals surface area contributed by atoms with Crippen molar-refractivity contribution in [3.8, 4) is 0 Å². The maximum absolute atomic E-state index is 3.94. The molecule has 2 fully saturated rings. The molecule has 0 spiro atoms. The average molecular weight is 196 g/mol. The van der Waals surface area contributed by atoms with Gasteiger partial charge in [0.1, 0.15) is 0 Å². The lowest BCUT2D eigenvalue weighted by Crippen LogP contribution is -2.59. The highest BCUT2D eigenvalue weighted by Crippen LogP contribution is 2.45. The van der Waals surface area contributed by atoms with Crippen molar-refractivity contribution < 1.29 is 0 Å². The summed E-state index contributed by atoms with van der Waals surface area (Å²) in [5.41, 5.74) is 0.921. The van der Waals surface area contributed by atoms with Gasteiger partial charge in [0.05, 0.1) is 0 Å². The van der Waals surface area contributed by atoms with E-state index in [-0.39, 0.29) is 0 Å². The summed E-state index contributed by atoms with van der Waals surface area (Å²) in [6.07, 6.45) is 7.98. The minimum Gasteiger partial charge on any atom is -0.317 e. The summed E-state index contributed by atoms with van der Waals surface area (Å²) in [5, 5.41) is 7.42. The second-order valence-corrected chi connectivity index (χ2v) is 5.29. The van der Waals surface area contributed by atoms with Crippen molar-refractivity contribution in [3.63, 3.8) is 0 Å². The summed E-state index contributed by atoms with van der Waals surface area (Å²) in [6, 6.07) is 0.735. The van der Waals surface area contributed by atoms with Crippen LogP contribution >= 0.6 is 0 Å². The first kappa shape index (κ1) is 10.4. The zero-order valence-corrected chi connectivity index (χ0v) is 9.82. The minimum absolute atomic E-state index is 0.460. The van der Waals surface area contributed by atoms with Crippen molar-refractivity contribution in [1.29, 1.82) is 0 Å². The third kappa shape index (κ3) is 1.49. The van der Waals surface area contributed by atoms with Gasteiger partial charge >= 0.3 is 0 Å². The second-order valence-electron chi connectivity index (χ2n) is 5.29. The predicted octanol–water partition coefficient (Wildman–Crippen LogP) is 2.05.